The highest BCUT2D eigenvalue weighted by Crippen LogP contribution is 2.26. The van der Waals surface area contributed by atoms with E-state index in [1.807, 2.05) is 6.07 Å². The number of anilines is 1. The second-order valence-corrected chi connectivity index (χ2v) is 8.24. The first kappa shape index (κ1) is 18.2. The average molecular weight is 390 g/mol. The molecule has 0 unspecified atom stereocenters. The van der Waals surface area contributed by atoms with Gasteiger partial charge in [-0.25, -0.2) is 18.1 Å². The van der Waals surface area contributed by atoms with Crippen molar-refractivity contribution < 1.29 is 8.42 Å². The Bertz CT molecular complexity index is 1170. The second kappa shape index (κ2) is 6.93. The van der Waals surface area contributed by atoms with Gasteiger partial charge in [0.15, 0.2) is 9.84 Å². The first-order valence-electron chi connectivity index (χ1n) is 7.79. The van der Waals surface area contributed by atoms with Gasteiger partial charge >= 0.3 is 0 Å². The molecule has 0 saturated carbocycles. The quantitative estimate of drug-likeness (QED) is 0.723. The number of hydrogen-bond acceptors (Lipinski definition) is 5. The number of benzene rings is 2. The van der Waals surface area contributed by atoms with Crippen LogP contribution < -0.4 is 11.0 Å². The fourth-order valence-electron chi connectivity index (χ4n) is 2.49. The Morgan fingerprint density at radius 3 is 2.73 bits per heavy atom. The van der Waals surface area contributed by atoms with Gasteiger partial charge in [0.2, 0.25) is 0 Å². The summed E-state index contributed by atoms with van der Waals surface area (Å²) >= 11 is 6.00. The lowest BCUT2D eigenvalue weighted by Crippen LogP contribution is -2.27. The standard InChI is InChI=1S/C18H16ClN3O3S/c1-3-12-5-7-15-14(9-12)18(23)22(11-20-15)21-16-10-13(19)6-8-17(16)26(24,25)4-2/h3,5-11,21H,1,4H2,2H3. The van der Waals surface area contributed by atoms with Gasteiger partial charge in [0.25, 0.3) is 5.56 Å². The van der Waals surface area contributed by atoms with Gasteiger partial charge in [0.1, 0.15) is 6.33 Å². The normalized spacial score (nSPS) is 11.5. The van der Waals surface area contributed by atoms with E-state index in [1.54, 1.807) is 25.1 Å². The highest BCUT2D eigenvalue weighted by Gasteiger charge is 2.18. The number of fused-ring (bicyclic) bond motifs is 1. The minimum Gasteiger partial charge on any atom is -0.289 e. The molecular formula is C18H16ClN3O3S. The van der Waals surface area contributed by atoms with Gasteiger partial charge in [0.05, 0.1) is 27.2 Å². The maximum absolute atomic E-state index is 12.8. The van der Waals surface area contributed by atoms with Crippen molar-refractivity contribution in [3.63, 3.8) is 0 Å². The maximum Gasteiger partial charge on any atom is 0.280 e. The van der Waals surface area contributed by atoms with Gasteiger partial charge < -0.3 is 0 Å². The molecule has 6 nitrogen and oxygen atoms in total. The zero-order chi connectivity index (χ0) is 18.9. The Balaban J connectivity index is 2.16. The van der Waals surface area contributed by atoms with E-state index in [0.717, 1.165) is 10.2 Å². The smallest absolute Gasteiger partial charge is 0.280 e. The number of sulfone groups is 1. The molecule has 0 saturated heterocycles. The predicted molar refractivity (Wildman–Crippen MR) is 104 cm³/mol. The largest absolute Gasteiger partial charge is 0.289 e. The lowest BCUT2D eigenvalue weighted by molar-refractivity contribution is 0.597. The molecule has 1 heterocycles. The third kappa shape index (κ3) is 3.36. The molecule has 0 spiro atoms. The van der Waals surface area contributed by atoms with Gasteiger partial charge in [-0.1, -0.05) is 37.2 Å². The Morgan fingerprint density at radius 2 is 2.04 bits per heavy atom. The lowest BCUT2D eigenvalue weighted by Gasteiger charge is -2.14. The highest BCUT2D eigenvalue weighted by atomic mass is 35.5. The third-order valence-electron chi connectivity index (χ3n) is 3.92. The summed E-state index contributed by atoms with van der Waals surface area (Å²) < 4.78 is 25.7. The SMILES string of the molecule is C=Cc1ccc2ncn(Nc3cc(Cl)ccc3S(=O)(=O)CC)c(=O)c2c1. The van der Waals surface area contributed by atoms with Crippen LogP contribution in [-0.4, -0.2) is 23.8 Å². The molecule has 0 aliphatic rings. The Morgan fingerprint density at radius 1 is 1.27 bits per heavy atom. The molecule has 8 heteroatoms. The average Bonchev–Trinajstić information content (AvgIpc) is 2.63. The van der Waals surface area contributed by atoms with Crippen LogP contribution in [-0.2, 0) is 9.84 Å². The van der Waals surface area contributed by atoms with Gasteiger partial charge in [0, 0.05) is 5.02 Å². The van der Waals surface area contributed by atoms with Crippen molar-refractivity contribution in [3.05, 3.63) is 70.2 Å². The number of nitrogens with zero attached hydrogens (tertiary/aromatic N) is 2. The fraction of sp³-hybridized carbons (Fsp3) is 0.111. The van der Waals surface area contributed by atoms with Crippen LogP contribution in [0, 0.1) is 0 Å². The van der Waals surface area contributed by atoms with E-state index >= 15 is 0 Å². The van der Waals surface area contributed by atoms with Crippen LogP contribution in [0.4, 0.5) is 5.69 Å². The molecule has 26 heavy (non-hydrogen) atoms. The fourth-order valence-corrected chi connectivity index (χ4v) is 3.69. The van der Waals surface area contributed by atoms with Crippen molar-refractivity contribution in [1.29, 1.82) is 0 Å². The summed E-state index contributed by atoms with van der Waals surface area (Å²) in [6.45, 7) is 5.24. The van der Waals surface area contributed by atoms with Crippen LogP contribution in [0.1, 0.15) is 12.5 Å². The number of aromatic nitrogens is 2. The molecule has 0 aliphatic heterocycles. The molecular weight excluding hydrogens is 374 g/mol. The van der Waals surface area contributed by atoms with Gasteiger partial charge in [-0.3, -0.25) is 10.2 Å². The predicted octanol–water partition coefficient (Wildman–Crippen LogP) is 3.36. The van der Waals surface area contributed by atoms with E-state index in [2.05, 4.69) is 17.0 Å². The molecule has 2 aromatic carbocycles. The van der Waals surface area contributed by atoms with E-state index in [4.69, 9.17) is 11.6 Å². The van der Waals surface area contributed by atoms with E-state index in [0.29, 0.717) is 15.9 Å². The van der Waals surface area contributed by atoms with Crippen molar-refractivity contribution in [2.75, 3.05) is 11.2 Å². The van der Waals surface area contributed by atoms with Crippen LogP contribution in [0.15, 0.2) is 59.0 Å². The molecule has 0 amide bonds. The number of halogens is 1. The third-order valence-corrected chi connectivity index (χ3v) is 5.94. The zero-order valence-electron chi connectivity index (χ0n) is 13.9. The maximum atomic E-state index is 12.8. The summed E-state index contributed by atoms with van der Waals surface area (Å²) in [5.74, 6) is -0.0725. The van der Waals surface area contributed by atoms with Crippen molar-refractivity contribution in [1.82, 2.24) is 9.66 Å². The molecule has 3 aromatic rings. The second-order valence-electron chi connectivity index (χ2n) is 5.56. The van der Waals surface area contributed by atoms with Crippen molar-refractivity contribution in [2.24, 2.45) is 0 Å². The van der Waals surface area contributed by atoms with Crippen LogP contribution in [0.5, 0.6) is 0 Å². The van der Waals surface area contributed by atoms with Crippen molar-refractivity contribution in [2.45, 2.75) is 11.8 Å². The lowest BCUT2D eigenvalue weighted by atomic mass is 10.1. The molecule has 1 aromatic heterocycles. The van der Waals surface area contributed by atoms with Crippen LogP contribution >= 0.6 is 11.6 Å². The summed E-state index contributed by atoms with van der Waals surface area (Å²) in [6, 6.07) is 9.58. The highest BCUT2D eigenvalue weighted by molar-refractivity contribution is 7.91. The first-order valence-corrected chi connectivity index (χ1v) is 9.82. The minimum absolute atomic E-state index is 0.0660. The Hall–Kier alpha value is -2.64. The monoisotopic (exact) mass is 389 g/mol. The van der Waals surface area contributed by atoms with E-state index in [9.17, 15) is 13.2 Å². The molecule has 0 fully saturated rings. The topological polar surface area (TPSA) is 81.1 Å². The van der Waals surface area contributed by atoms with Crippen LogP contribution in [0.3, 0.4) is 0 Å². The molecule has 1 N–H and O–H groups in total. The van der Waals surface area contributed by atoms with Gasteiger partial charge in [-0.15, -0.1) is 0 Å². The number of hydrogen-bond donors (Lipinski definition) is 1. The Labute approximate surface area is 155 Å². The molecule has 134 valence electrons. The van der Waals surface area contributed by atoms with Gasteiger partial charge in [-0.05, 0) is 35.9 Å². The van der Waals surface area contributed by atoms with Crippen LogP contribution in [0.25, 0.3) is 17.0 Å². The van der Waals surface area contributed by atoms with E-state index in [-0.39, 0.29) is 21.9 Å². The Kier molecular flexibility index (Phi) is 4.84. The van der Waals surface area contributed by atoms with Crippen molar-refractivity contribution in [3.8, 4) is 0 Å². The number of nitrogens with one attached hydrogen (secondary N) is 1. The molecule has 0 aliphatic carbocycles. The summed E-state index contributed by atoms with van der Waals surface area (Å²) in [6.07, 6.45) is 2.94. The van der Waals surface area contributed by atoms with Crippen LogP contribution in [0.2, 0.25) is 5.02 Å². The summed E-state index contributed by atoms with van der Waals surface area (Å²) in [7, 11) is -3.50. The van der Waals surface area contributed by atoms with Gasteiger partial charge in [-0.2, -0.15) is 0 Å². The molecule has 3 rings (SSSR count). The van der Waals surface area contributed by atoms with E-state index < -0.39 is 9.84 Å². The summed E-state index contributed by atoms with van der Waals surface area (Å²) in [5, 5.41) is 0.734. The minimum atomic E-state index is -3.50. The summed E-state index contributed by atoms with van der Waals surface area (Å²) in [4.78, 5) is 17.1. The van der Waals surface area contributed by atoms with Crippen molar-refractivity contribution >= 4 is 44.1 Å². The molecule has 0 radical (unpaired) electrons. The number of rotatable bonds is 5. The first-order chi connectivity index (χ1) is 12.4. The summed E-state index contributed by atoms with van der Waals surface area (Å²) in [5.41, 5.74) is 3.97. The van der Waals surface area contributed by atoms with E-state index in [1.165, 1.54) is 24.5 Å². The molecule has 0 atom stereocenters. The zero-order valence-corrected chi connectivity index (χ0v) is 15.5. The molecule has 0 bridgehead atoms.